The highest BCUT2D eigenvalue weighted by Gasteiger charge is 2.26. The van der Waals surface area contributed by atoms with Gasteiger partial charge in [-0.1, -0.05) is 23.7 Å². The van der Waals surface area contributed by atoms with Crippen molar-refractivity contribution in [1.82, 2.24) is 15.2 Å². The summed E-state index contributed by atoms with van der Waals surface area (Å²) in [7, 11) is 0. The number of rotatable bonds is 6. The Labute approximate surface area is 173 Å². The third-order valence-corrected chi connectivity index (χ3v) is 6.42. The van der Waals surface area contributed by atoms with E-state index >= 15 is 0 Å². The molecule has 1 aromatic carbocycles. The summed E-state index contributed by atoms with van der Waals surface area (Å²) in [5.41, 5.74) is 1.65. The average molecular weight is 416 g/mol. The molecule has 2 aromatic heterocycles. The average Bonchev–Trinajstić information content (AvgIpc) is 3.44. The first-order valence-corrected chi connectivity index (χ1v) is 10.6. The fraction of sp³-hybridized carbons (Fsp3) is 0.333. The van der Waals surface area contributed by atoms with Crippen LogP contribution in [0.3, 0.4) is 0 Å². The van der Waals surface area contributed by atoms with E-state index < -0.39 is 0 Å². The van der Waals surface area contributed by atoms with Gasteiger partial charge in [0.1, 0.15) is 15.6 Å². The number of furan rings is 1. The number of thiazole rings is 1. The summed E-state index contributed by atoms with van der Waals surface area (Å²) in [5, 5.41) is 4.54. The number of aryl methyl sites for hydroxylation is 1. The molecular weight excluding hydrogens is 394 g/mol. The Morgan fingerprint density at radius 1 is 1.32 bits per heavy atom. The third-order valence-electron chi connectivity index (χ3n) is 4.98. The maximum Gasteiger partial charge on any atom is 0.263 e. The van der Waals surface area contributed by atoms with Crippen LogP contribution in [0.2, 0.25) is 5.02 Å². The van der Waals surface area contributed by atoms with Crippen LogP contribution < -0.4 is 5.32 Å². The maximum atomic E-state index is 12.9. The third kappa shape index (κ3) is 4.14. The monoisotopic (exact) mass is 415 g/mol. The second kappa shape index (κ2) is 8.47. The molecule has 1 fully saturated rings. The van der Waals surface area contributed by atoms with Crippen LogP contribution >= 0.6 is 22.9 Å². The zero-order valence-corrected chi connectivity index (χ0v) is 17.2. The molecule has 5 nitrogen and oxygen atoms in total. The number of nitrogens with one attached hydrogen (secondary N) is 1. The fourth-order valence-electron chi connectivity index (χ4n) is 3.57. The minimum absolute atomic E-state index is 0.0575. The number of hydrogen-bond donors (Lipinski definition) is 1. The number of halogens is 1. The van der Waals surface area contributed by atoms with E-state index in [0.717, 1.165) is 35.1 Å². The van der Waals surface area contributed by atoms with E-state index in [9.17, 15) is 4.79 Å². The molecule has 0 radical (unpaired) electrons. The van der Waals surface area contributed by atoms with Gasteiger partial charge in [0, 0.05) is 17.1 Å². The summed E-state index contributed by atoms with van der Waals surface area (Å²) in [6.45, 7) is 4.43. The van der Waals surface area contributed by atoms with E-state index in [-0.39, 0.29) is 11.9 Å². The molecule has 4 rings (SSSR count). The molecular formula is C21H22ClN3O2S. The Morgan fingerprint density at radius 2 is 2.14 bits per heavy atom. The first-order valence-electron chi connectivity index (χ1n) is 9.41. The Hall–Kier alpha value is -2.15. The molecule has 146 valence electrons. The van der Waals surface area contributed by atoms with Gasteiger partial charge >= 0.3 is 0 Å². The lowest BCUT2D eigenvalue weighted by atomic mass is 10.2. The van der Waals surface area contributed by atoms with Gasteiger partial charge < -0.3 is 9.73 Å². The van der Waals surface area contributed by atoms with Crippen molar-refractivity contribution in [3.63, 3.8) is 0 Å². The van der Waals surface area contributed by atoms with Crippen LogP contribution in [-0.2, 0) is 0 Å². The summed E-state index contributed by atoms with van der Waals surface area (Å²) in [6.07, 6.45) is 4.05. The number of aromatic nitrogens is 1. The van der Waals surface area contributed by atoms with Gasteiger partial charge in [-0.05, 0) is 57.1 Å². The van der Waals surface area contributed by atoms with E-state index in [1.807, 2.05) is 43.3 Å². The molecule has 0 bridgehead atoms. The quantitative estimate of drug-likeness (QED) is 0.620. The van der Waals surface area contributed by atoms with Gasteiger partial charge in [0.05, 0.1) is 18.0 Å². The summed E-state index contributed by atoms with van der Waals surface area (Å²) in [5.74, 6) is 0.793. The minimum Gasteiger partial charge on any atom is -0.468 e. The second-order valence-corrected chi connectivity index (χ2v) is 8.36. The van der Waals surface area contributed by atoms with Crippen LogP contribution in [0.5, 0.6) is 0 Å². The number of carbonyl (C=O) groups excluding carboxylic acids is 1. The topological polar surface area (TPSA) is 58.4 Å². The zero-order valence-electron chi connectivity index (χ0n) is 15.7. The molecule has 0 spiro atoms. The molecule has 3 aromatic rings. The molecule has 1 aliphatic rings. The second-order valence-electron chi connectivity index (χ2n) is 6.93. The van der Waals surface area contributed by atoms with Crippen molar-refractivity contribution < 1.29 is 9.21 Å². The zero-order chi connectivity index (χ0) is 19.5. The van der Waals surface area contributed by atoms with Crippen LogP contribution in [0, 0.1) is 6.92 Å². The molecule has 3 heterocycles. The SMILES string of the molecule is Cc1nc(-c2cccc(Cl)c2)sc1C(=O)NCC(c1ccco1)N1CCCC1. The van der Waals surface area contributed by atoms with Gasteiger partial charge in [-0.2, -0.15) is 0 Å². The molecule has 1 amide bonds. The van der Waals surface area contributed by atoms with Crippen LogP contribution in [0.15, 0.2) is 47.1 Å². The molecule has 0 aliphatic carbocycles. The summed E-state index contributed by atoms with van der Waals surface area (Å²) >= 11 is 7.48. The number of nitrogens with zero attached hydrogens (tertiary/aromatic N) is 2. The normalized spacial score (nSPS) is 15.6. The first kappa shape index (κ1) is 19.2. The molecule has 1 N–H and O–H groups in total. The van der Waals surface area contributed by atoms with Crippen LogP contribution in [-0.4, -0.2) is 35.4 Å². The molecule has 1 saturated heterocycles. The van der Waals surface area contributed by atoms with Gasteiger partial charge in [0.15, 0.2) is 0 Å². The summed E-state index contributed by atoms with van der Waals surface area (Å²) in [6, 6.07) is 11.5. The Kier molecular flexibility index (Phi) is 5.80. The Morgan fingerprint density at radius 3 is 2.86 bits per heavy atom. The largest absolute Gasteiger partial charge is 0.468 e. The molecule has 0 saturated carbocycles. The highest BCUT2D eigenvalue weighted by atomic mass is 35.5. The Bertz CT molecular complexity index is 948. The summed E-state index contributed by atoms with van der Waals surface area (Å²) < 4.78 is 5.63. The number of hydrogen-bond acceptors (Lipinski definition) is 5. The smallest absolute Gasteiger partial charge is 0.263 e. The van der Waals surface area contributed by atoms with E-state index in [4.69, 9.17) is 16.0 Å². The van der Waals surface area contributed by atoms with Crippen molar-refractivity contribution >= 4 is 28.8 Å². The number of likely N-dealkylation sites (tertiary alicyclic amines) is 1. The van der Waals surface area contributed by atoms with Gasteiger partial charge in [-0.25, -0.2) is 4.98 Å². The van der Waals surface area contributed by atoms with Crippen molar-refractivity contribution in [3.05, 3.63) is 64.0 Å². The molecule has 1 atom stereocenters. The van der Waals surface area contributed by atoms with E-state index in [0.29, 0.717) is 16.4 Å². The fourth-order valence-corrected chi connectivity index (χ4v) is 4.73. The predicted octanol–water partition coefficient (Wildman–Crippen LogP) is 4.93. The molecule has 1 aliphatic heterocycles. The molecule has 28 heavy (non-hydrogen) atoms. The van der Waals surface area contributed by atoms with Gasteiger partial charge in [0.25, 0.3) is 5.91 Å². The van der Waals surface area contributed by atoms with Crippen LogP contribution in [0.4, 0.5) is 0 Å². The van der Waals surface area contributed by atoms with Crippen molar-refractivity contribution in [1.29, 1.82) is 0 Å². The lowest BCUT2D eigenvalue weighted by molar-refractivity contribution is 0.0937. The lowest BCUT2D eigenvalue weighted by Crippen LogP contribution is -2.36. The van der Waals surface area contributed by atoms with Crippen molar-refractivity contribution in [2.24, 2.45) is 0 Å². The highest BCUT2D eigenvalue weighted by molar-refractivity contribution is 7.17. The van der Waals surface area contributed by atoms with Crippen LogP contribution in [0.25, 0.3) is 10.6 Å². The van der Waals surface area contributed by atoms with E-state index in [1.54, 1.807) is 6.26 Å². The highest BCUT2D eigenvalue weighted by Crippen LogP contribution is 2.30. The summed E-state index contributed by atoms with van der Waals surface area (Å²) in [4.78, 5) is 20.4. The molecule has 7 heteroatoms. The van der Waals surface area contributed by atoms with E-state index in [1.165, 1.54) is 24.2 Å². The number of carbonyl (C=O) groups is 1. The van der Waals surface area contributed by atoms with Crippen molar-refractivity contribution in [3.8, 4) is 10.6 Å². The van der Waals surface area contributed by atoms with Gasteiger partial charge in [-0.15, -0.1) is 11.3 Å². The lowest BCUT2D eigenvalue weighted by Gasteiger charge is -2.25. The van der Waals surface area contributed by atoms with Gasteiger partial charge in [0.2, 0.25) is 0 Å². The predicted molar refractivity (Wildman–Crippen MR) is 112 cm³/mol. The van der Waals surface area contributed by atoms with E-state index in [2.05, 4.69) is 15.2 Å². The first-order chi connectivity index (χ1) is 13.6. The standard InChI is InChI=1S/C21H22ClN3O2S/c1-14-19(28-21(24-14)15-6-4-7-16(22)12-15)20(26)23-13-17(18-8-5-11-27-18)25-9-2-3-10-25/h4-8,11-12,17H,2-3,9-10,13H2,1H3,(H,23,26). The van der Waals surface area contributed by atoms with Crippen molar-refractivity contribution in [2.45, 2.75) is 25.8 Å². The van der Waals surface area contributed by atoms with Crippen LogP contribution in [0.1, 0.15) is 40.0 Å². The van der Waals surface area contributed by atoms with Crippen molar-refractivity contribution in [2.75, 3.05) is 19.6 Å². The maximum absolute atomic E-state index is 12.9. The van der Waals surface area contributed by atoms with Gasteiger partial charge in [-0.3, -0.25) is 9.69 Å². The number of benzene rings is 1. The molecule has 1 unspecified atom stereocenters. The Balaban J connectivity index is 1.48. The minimum atomic E-state index is -0.0981. The number of amides is 1.